The molecule has 1 N–H and O–H groups in total. The van der Waals surface area contributed by atoms with Gasteiger partial charge < -0.3 is 10.1 Å². The van der Waals surface area contributed by atoms with Gasteiger partial charge in [-0.15, -0.1) is 0 Å². The minimum atomic E-state index is 0.177. The summed E-state index contributed by atoms with van der Waals surface area (Å²) in [4.78, 5) is 0. The maximum Gasteiger partial charge on any atom is 0.101 e. The van der Waals surface area contributed by atoms with Crippen molar-refractivity contribution in [3.05, 3.63) is 18.0 Å². The van der Waals surface area contributed by atoms with Crippen LogP contribution in [0.2, 0.25) is 0 Å². The molecule has 0 spiro atoms. The van der Waals surface area contributed by atoms with Gasteiger partial charge in [-0.1, -0.05) is 0 Å². The van der Waals surface area contributed by atoms with Gasteiger partial charge in [0.15, 0.2) is 0 Å². The standard InChI is InChI=1S/C15H25N3OS/c1-2-18-10-12(9-16-18)15-14(6-3-7-19-15)17-13-5-4-8-20-11-13/h9-10,13-15,17H,2-8,11H2,1H3/t13-,14-,15+/m0/s1. The van der Waals surface area contributed by atoms with Crippen LogP contribution in [-0.2, 0) is 11.3 Å². The Bertz CT molecular complexity index is 417. The summed E-state index contributed by atoms with van der Waals surface area (Å²) < 4.78 is 8.04. The molecule has 0 radical (unpaired) electrons. The predicted octanol–water partition coefficient (Wildman–Crippen LogP) is 2.61. The molecule has 0 amide bonds. The second-order valence-electron chi connectivity index (χ2n) is 5.75. The van der Waals surface area contributed by atoms with Gasteiger partial charge in [0.25, 0.3) is 0 Å². The van der Waals surface area contributed by atoms with Crippen LogP contribution >= 0.6 is 11.8 Å². The number of thioether (sulfide) groups is 1. The first-order chi connectivity index (χ1) is 9.86. The van der Waals surface area contributed by atoms with Crippen LogP contribution in [0.1, 0.15) is 44.3 Å². The molecule has 3 atom stereocenters. The van der Waals surface area contributed by atoms with Crippen molar-refractivity contribution in [1.29, 1.82) is 0 Å². The van der Waals surface area contributed by atoms with E-state index in [4.69, 9.17) is 4.74 Å². The maximum absolute atomic E-state index is 6.05. The fraction of sp³-hybridized carbons (Fsp3) is 0.800. The second kappa shape index (κ2) is 6.96. The molecule has 20 heavy (non-hydrogen) atoms. The molecular formula is C15H25N3OS. The van der Waals surface area contributed by atoms with Gasteiger partial charge in [-0.2, -0.15) is 16.9 Å². The Kier molecular flexibility index (Phi) is 5.02. The molecule has 0 unspecified atom stereocenters. The Morgan fingerprint density at radius 1 is 1.45 bits per heavy atom. The Morgan fingerprint density at radius 2 is 2.40 bits per heavy atom. The van der Waals surface area contributed by atoms with Crippen LogP contribution in [0.3, 0.4) is 0 Å². The van der Waals surface area contributed by atoms with Gasteiger partial charge in [-0.25, -0.2) is 0 Å². The van der Waals surface area contributed by atoms with Crippen molar-refractivity contribution >= 4 is 11.8 Å². The SMILES string of the molecule is CCn1cc([C@H]2OCCC[C@@H]2N[C@H]2CCCSC2)cn1. The van der Waals surface area contributed by atoms with E-state index in [0.29, 0.717) is 12.1 Å². The van der Waals surface area contributed by atoms with Gasteiger partial charge >= 0.3 is 0 Å². The van der Waals surface area contributed by atoms with Crippen molar-refractivity contribution in [3.8, 4) is 0 Å². The third-order valence-corrected chi connectivity index (χ3v) is 5.45. The number of hydrogen-bond acceptors (Lipinski definition) is 4. The summed E-state index contributed by atoms with van der Waals surface area (Å²) >= 11 is 2.08. The maximum atomic E-state index is 6.05. The molecule has 112 valence electrons. The molecule has 3 rings (SSSR count). The first kappa shape index (κ1) is 14.4. The second-order valence-corrected chi connectivity index (χ2v) is 6.90. The van der Waals surface area contributed by atoms with E-state index >= 15 is 0 Å². The topological polar surface area (TPSA) is 39.1 Å². The molecule has 2 aliphatic heterocycles. The number of aryl methyl sites for hydroxylation is 1. The molecule has 4 nitrogen and oxygen atoms in total. The lowest BCUT2D eigenvalue weighted by Crippen LogP contribution is -2.46. The summed E-state index contributed by atoms with van der Waals surface area (Å²) in [5.74, 6) is 2.57. The Hall–Kier alpha value is -0.520. The monoisotopic (exact) mass is 295 g/mol. The summed E-state index contributed by atoms with van der Waals surface area (Å²) in [7, 11) is 0. The van der Waals surface area contributed by atoms with E-state index in [-0.39, 0.29) is 6.10 Å². The van der Waals surface area contributed by atoms with Gasteiger partial charge in [-0.3, -0.25) is 4.68 Å². The summed E-state index contributed by atoms with van der Waals surface area (Å²) in [5, 5.41) is 8.25. The summed E-state index contributed by atoms with van der Waals surface area (Å²) in [6, 6.07) is 1.10. The molecule has 0 aliphatic carbocycles. The van der Waals surface area contributed by atoms with Crippen LogP contribution in [0.4, 0.5) is 0 Å². The van der Waals surface area contributed by atoms with E-state index in [2.05, 4.69) is 35.3 Å². The van der Waals surface area contributed by atoms with E-state index in [1.807, 2.05) is 10.9 Å². The van der Waals surface area contributed by atoms with Crippen molar-refractivity contribution in [2.75, 3.05) is 18.1 Å². The van der Waals surface area contributed by atoms with Crippen LogP contribution < -0.4 is 5.32 Å². The summed E-state index contributed by atoms with van der Waals surface area (Å²) in [5.41, 5.74) is 1.23. The zero-order valence-corrected chi connectivity index (χ0v) is 13.1. The predicted molar refractivity (Wildman–Crippen MR) is 83.1 cm³/mol. The first-order valence-corrected chi connectivity index (χ1v) is 9.00. The van der Waals surface area contributed by atoms with Crippen LogP contribution in [0.15, 0.2) is 12.4 Å². The molecule has 1 aromatic rings. The largest absolute Gasteiger partial charge is 0.372 e. The van der Waals surface area contributed by atoms with E-state index < -0.39 is 0 Å². The highest BCUT2D eigenvalue weighted by Gasteiger charge is 2.30. The molecule has 5 heteroatoms. The lowest BCUT2D eigenvalue weighted by molar-refractivity contribution is -0.0135. The van der Waals surface area contributed by atoms with Gasteiger partial charge in [0, 0.05) is 42.7 Å². The van der Waals surface area contributed by atoms with Crippen molar-refractivity contribution in [2.45, 2.75) is 57.3 Å². The van der Waals surface area contributed by atoms with Crippen LogP contribution in [0, 0.1) is 0 Å². The Morgan fingerprint density at radius 3 is 3.15 bits per heavy atom. The first-order valence-electron chi connectivity index (χ1n) is 7.84. The Balaban J connectivity index is 1.66. The molecule has 0 saturated carbocycles. The number of rotatable bonds is 4. The highest BCUT2D eigenvalue weighted by Crippen LogP contribution is 2.29. The molecule has 1 aromatic heterocycles. The van der Waals surface area contributed by atoms with E-state index in [1.165, 1.54) is 36.3 Å². The van der Waals surface area contributed by atoms with E-state index in [0.717, 1.165) is 19.6 Å². The summed E-state index contributed by atoms with van der Waals surface area (Å²) in [6.07, 6.45) is 9.32. The van der Waals surface area contributed by atoms with Crippen LogP contribution in [0.25, 0.3) is 0 Å². The van der Waals surface area contributed by atoms with Crippen molar-refractivity contribution in [2.24, 2.45) is 0 Å². The van der Waals surface area contributed by atoms with Gasteiger partial charge in [-0.05, 0) is 38.4 Å². The molecule has 2 saturated heterocycles. The highest BCUT2D eigenvalue weighted by molar-refractivity contribution is 7.99. The minimum absolute atomic E-state index is 0.177. The van der Waals surface area contributed by atoms with Crippen molar-refractivity contribution in [3.63, 3.8) is 0 Å². The molecule has 0 aromatic carbocycles. The lowest BCUT2D eigenvalue weighted by atomic mass is 9.97. The molecule has 0 bridgehead atoms. The Labute approximate surface area is 125 Å². The fourth-order valence-electron chi connectivity index (χ4n) is 3.15. The van der Waals surface area contributed by atoms with E-state index in [9.17, 15) is 0 Å². The van der Waals surface area contributed by atoms with Gasteiger partial charge in [0.2, 0.25) is 0 Å². The fourth-order valence-corrected chi connectivity index (χ4v) is 4.24. The highest BCUT2D eigenvalue weighted by atomic mass is 32.2. The lowest BCUT2D eigenvalue weighted by Gasteiger charge is -2.36. The van der Waals surface area contributed by atoms with Gasteiger partial charge in [0.05, 0.1) is 6.20 Å². The minimum Gasteiger partial charge on any atom is -0.372 e. The molecule has 2 aliphatic rings. The number of ether oxygens (including phenoxy) is 1. The average Bonchev–Trinajstić information content (AvgIpc) is 2.98. The number of nitrogens with zero attached hydrogens (tertiary/aromatic N) is 2. The number of nitrogens with one attached hydrogen (secondary N) is 1. The van der Waals surface area contributed by atoms with Crippen LogP contribution in [-0.4, -0.2) is 40.0 Å². The van der Waals surface area contributed by atoms with Crippen LogP contribution in [0.5, 0.6) is 0 Å². The average molecular weight is 295 g/mol. The zero-order chi connectivity index (χ0) is 13.8. The van der Waals surface area contributed by atoms with Crippen molar-refractivity contribution in [1.82, 2.24) is 15.1 Å². The molecule has 2 fully saturated rings. The smallest absolute Gasteiger partial charge is 0.101 e. The quantitative estimate of drug-likeness (QED) is 0.927. The van der Waals surface area contributed by atoms with Gasteiger partial charge in [0.1, 0.15) is 6.10 Å². The number of hydrogen-bond donors (Lipinski definition) is 1. The molecular weight excluding hydrogens is 270 g/mol. The summed E-state index contributed by atoms with van der Waals surface area (Å²) in [6.45, 7) is 3.91. The zero-order valence-electron chi connectivity index (χ0n) is 12.3. The third-order valence-electron chi connectivity index (χ3n) is 4.24. The molecule has 3 heterocycles. The van der Waals surface area contributed by atoms with E-state index in [1.54, 1.807) is 0 Å². The number of aromatic nitrogens is 2. The third kappa shape index (κ3) is 3.38. The normalized spacial score (nSPS) is 31.4. The van der Waals surface area contributed by atoms with Crippen molar-refractivity contribution < 1.29 is 4.74 Å².